The molecule has 0 aromatic heterocycles. The molecule has 0 aliphatic heterocycles. The lowest BCUT2D eigenvalue weighted by Crippen LogP contribution is -2.14. The second-order valence-electron chi connectivity index (χ2n) is 5.22. The normalized spacial score (nSPS) is 12.1. The predicted molar refractivity (Wildman–Crippen MR) is 82.4 cm³/mol. The molecule has 0 atom stereocenters. The molecule has 0 fully saturated rings. The Labute approximate surface area is 128 Å². The number of hydrogen-bond donors (Lipinski definition) is 0. The first kappa shape index (κ1) is 14.3. The van der Waals surface area contributed by atoms with Crippen LogP contribution in [-0.4, -0.2) is 26.8 Å². The van der Waals surface area contributed by atoms with Gasteiger partial charge >= 0.3 is 0 Å². The highest BCUT2D eigenvalue weighted by Crippen LogP contribution is 2.39. The van der Waals surface area contributed by atoms with Gasteiger partial charge in [0.1, 0.15) is 24.1 Å². The maximum atomic E-state index is 11.3. The van der Waals surface area contributed by atoms with Gasteiger partial charge in [-0.05, 0) is 41.8 Å². The van der Waals surface area contributed by atoms with Crippen LogP contribution in [0.3, 0.4) is 0 Å². The van der Waals surface area contributed by atoms with E-state index in [0.717, 1.165) is 46.3 Å². The molecule has 3 rings (SSSR count). The molecule has 4 heteroatoms. The minimum atomic E-state index is 0.529. The van der Waals surface area contributed by atoms with E-state index in [0.29, 0.717) is 24.0 Å². The lowest BCUT2D eigenvalue weighted by molar-refractivity contribution is 0.111. The van der Waals surface area contributed by atoms with Gasteiger partial charge in [-0.25, -0.2) is 0 Å². The Morgan fingerprint density at radius 2 is 1.14 bits per heavy atom. The van der Waals surface area contributed by atoms with E-state index in [1.165, 1.54) is 0 Å². The third-order valence-electron chi connectivity index (χ3n) is 4.25. The topological polar surface area (TPSA) is 52.6 Å². The Morgan fingerprint density at radius 1 is 0.727 bits per heavy atom. The van der Waals surface area contributed by atoms with Crippen LogP contribution in [0.2, 0.25) is 0 Å². The van der Waals surface area contributed by atoms with Crippen molar-refractivity contribution in [3.8, 4) is 11.5 Å². The van der Waals surface area contributed by atoms with Gasteiger partial charge in [0.15, 0.2) is 0 Å². The van der Waals surface area contributed by atoms with Crippen molar-refractivity contribution in [2.75, 3.05) is 14.2 Å². The van der Waals surface area contributed by atoms with Crippen LogP contribution in [0.1, 0.15) is 43.0 Å². The summed E-state index contributed by atoms with van der Waals surface area (Å²) in [6.07, 6.45) is 2.82. The molecule has 0 amide bonds. The van der Waals surface area contributed by atoms with E-state index >= 15 is 0 Å². The molecule has 0 saturated heterocycles. The van der Waals surface area contributed by atoms with E-state index in [9.17, 15) is 9.59 Å². The van der Waals surface area contributed by atoms with Crippen LogP contribution < -0.4 is 9.47 Å². The van der Waals surface area contributed by atoms with Crippen molar-refractivity contribution in [1.82, 2.24) is 0 Å². The molecular formula is C18H16O4. The van der Waals surface area contributed by atoms with Crippen molar-refractivity contribution in [2.45, 2.75) is 12.8 Å². The summed E-state index contributed by atoms with van der Waals surface area (Å²) in [5.41, 5.74) is 5.11. The number of aldehydes is 2. The van der Waals surface area contributed by atoms with Crippen molar-refractivity contribution >= 4 is 12.6 Å². The van der Waals surface area contributed by atoms with E-state index in [-0.39, 0.29) is 0 Å². The maximum Gasteiger partial charge on any atom is 0.150 e. The van der Waals surface area contributed by atoms with Gasteiger partial charge in [-0.1, -0.05) is 0 Å². The first-order valence-electron chi connectivity index (χ1n) is 7.01. The van der Waals surface area contributed by atoms with E-state index in [1.54, 1.807) is 26.4 Å². The maximum absolute atomic E-state index is 11.3. The van der Waals surface area contributed by atoms with Crippen molar-refractivity contribution < 1.29 is 19.1 Å². The van der Waals surface area contributed by atoms with Crippen LogP contribution in [0.5, 0.6) is 11.5 Å². The Bertz CT molecular complexity index is 699. The van der Waals surface area contributed by atoms with Gasteiger partial charge in [0.05, 0.1) is 14.2 Å². The number of rotatable bonds is 4. The first-order chi connectivity index (χ1) is 10.7. The monoisotopic (exact) mass is 296 g/mol. The second kappa shape index (κ2) is 5.64. The first-order valence-corrected chi connectivity index (χ1v) is 7.01. The summed E-state index contributed by atoms with van der Waals surface area (Å²) in [4.78, 5) is 22.7. The summed E-state index contributed by atoms with van der Waals surface area (Å²) in [6, 6.07) is 7.14. The molecular weight excluding hydrogens is 280 g/mol. The van der Waals surface area contributed by atoms with Gasteiger partial charge in [-0.15, -0.1) is 0 Å². The quantitative estimate of drug-likeness (QED) is 0.695. The van der Waals surface area contributed by atoms with Crippen LogP contribution in [0.25, 0.3) is 0 Å². The second-order valence-corrected chi connectivity index (χ2v) is 5.22. The summed E-state index contributed by atoms with van der Waals surface area (Å²) < 4.78 is 10.9. The fourth-order valence-corrected chi connectivity index (χ4v) is 3.14. The fourth-order valence-electron chi connectivity index (χ4n) is 3.14. The minimum Gasteiger partial charge on any atom is -0.496 e. The summed E-state index contributed by atoms with van der Waals surface area (Å²) in [5.74, 6) is 1.51. The van der Waals surface area contributed by atoms with Crippen LogP contribution in [0.15, 0.2) is 24.3 Å². The number of hydrogen-bond acceptors (Lipinski definition) is 4. The number of methoxy groups -OCH3 is 2. The highest BCUT2D eigenvalue weighted by atomic mass is 16.5. The van der Waals surface area contributed by atoms with E-state index < -0.39 is 0 Å². The van der Waals surface area contributed by atoms with Crippen LogP contribution in [0, 0.1) is 0 Å². The molecule has 0 radical (unpaired) electrons. The molecule has 1 aliphatic carbocycles. The standard InChI is InChI=1S/C18H16O4/c1-21-17-5-3-11(9-19)13-7-14-12(10-20)4-6-18(22-2)16(14)8-15(13)17/h3-6,9-10H,7-8H2,1-2H3. The van der Waals surface area contributed by atoms with Gasteiger partial charge in [0, 0.05) is 28.7 Å². The Morgan fingerprint density at radius 3 is 1.50 bits per heavy atom. The van der Waals surface area contributed by atoms with Crippen LogP contribution in [0.4, 0.5) is 0 Å². The molecule has 1 aliphatic rings. The zero-order valence-electron chi connectivity index (χ0n) is 12.5. The predicted octanol–water partition coefficient (Wildman–Crippen LogP) is 2.82. The lowest BCUT2D eigenvalue weighted by Gasteiger charge is -2.25. The Kier molecular flexibility index (Phi) is 3.67. The molecule has 0 N–H and O–H groups in total. The summed E-state index contributed by atoms with van der Waals surface area (Å²) in [5, 5.41) is 0. The van der Waals surface area contributed by atoms with Crippen LogP contribution >= 0.6 is 0 Å². The van der Waals surface area contributed by atoms with Gasteiger partial charge < -0.3 is 9.47 Å². The van der Waals surface area contributed by atoms with Gasteiger partial charge in [0.25, 0.3) is 0 Å². The molecule has 0 unspecified atom stereocenters. The largest absolute Gasteiger partial charge is 0.496 e. The van der Waals surface area contributed by atoms with Crippen molar-refractivity contribution in [3.63, 3.8) is 0 Å². The van der Waals surface area contributed by atoms with E-state index in [2.05, 4.69) is 0 Å². The van der Waals surface area contributed by atoms with Gasteiger partial charge in [-0.2, -0.15) is 0 Å². The summed E-state index contributed by atoms with van der Waals surface area (Å²) >= 11 is 0. The lowest BCUT2D eigenvalue weighted by atomic mass is 9.81. The van der Waals surface area contributed by atoms with E-state index in [1.807, 2.05) is 12.1 Å². The molecule has 0 spiro atoms. The highest BCUT2D eigenvalue weighted by molar-refractivity contribution is 5.83. The average Bonchev–Trinajstić information content (AvgIpc) is 2.58. The molecule has 0 bridgehead atoms. The minimum absolute atomic E-state index is 0.529. The molecule has 2 aromatic rings. The van der Waals surface area contributed by atoms with Gasteiger partial charge in [0.2, 0.25) is 0 Å². The average molecular weight is 296 g/mol. The molecule has 112 valence electrons. The third kappa shape index (κ3) is 2.08. The number of ether oxygens (including phenoxy) is 2. The zero-order chi connectivity index (χ0) is 15.7. The van der Waals surface area contributed by atoms with Gasteiger partial charge in [-0.3, -0.25) is 9.59 Å². The molecule has 0 heterocycles. The summed E-state index contributed by atoms with van der Waals surface area (Å²) in [6.45, 7) is 0. The SMILES string of the molecule is COc1ccc(C=O)c2c1Cc1c(OC)ccc(C=O)c1C2. The molecule has 2 aromatic carbocycles. The van der Waals surface area contributed by atoms with Crippen molar-refractivity contribution in [3.05, 3.63) is 57.6 Å². The number of carbonyl (C=O) groups excluding carboxylic acids is 2. The fraction of sp³-hybridized carbons (Fsp3) is 0.222. The van der Waals surface area contributed by atoms with Crippen molar-refractivity contribution in [2.24, 2.45) is 0 Å². The summed E-state index contributed by atoms with van der Waals surface area (Å²) in [7, 11) is 3.23. The van der Waals surface area contributed by atoms with E-state index in [4.69, 9.17) is 9.47 Å². The Balaban J connectivity index is 2.25. The third-order valence-corrected chi connectivity index (χ3v) is 4.25. The molecule has 0 saturated carbocycles. The van der Waals surface area contributed by atoms with Crippen molar-refractivity contribution in [1.29, 1.82) is 0 Å². The number of carbonyl (C=O) groups is 2. The highest BCUT2D eigenvalue weighted by Gasteiger charge is 2.25. The number of fused-ring (bicyclic) bond motifs is 2. The smallest absolute Gasteiger partial charge is 0.150 e. The Hall–Kier alpha value is -2.62. The molecule has 22 heavy (non-hydrogen) atoms. The van der Waals surface area contributed by atoms with Crippen LogP contribution in [-0.2, 0) is 12.8 Å². The number of benzene rings is 2. The zero-order valence-corrected chi connectivity index (χ0v) is 12.5. The molecule has 4 nitrogen and oxygen atoms in total.